The van der Waals surface area contributed by atoms with E-state index in [2.05, 4.69) is 15.3 Å². The number of hydrogen-bond donors (Lipinski definition) is 1. The second kappa shape index (κ2) is 7.61. The maximum absolute atomic E-state index is 12.7. The summed E-state index contributed by atoms with van der Waals surface area (Å²) in [5.41, 5.74) is 0.0669. The van der Waals surface area contributed by atoms with Crippen molar-refractivity contribution in [2.75, 3.05) is 11.1 Å². The fourth-order valence-corrected chi connectivity index (χ4v) is 3.91. The monoisotopic (exact) mass is 383 g/mol. The van der Waals surface area contributed by atoms with Crippen molar-refractivity contribution in [3.63, 3.8) is 0 Å². The molecule has 3 amide bonds. The number of nitrogens with one attached hydrogen (secondary N) is 1. The first-order valence-electron chi connectivity index (χ1n) is 8.13. The van der Waals surface area contributed by atoms with Crippen LogP contribution < -0.4 is 5.32 Å². The van der Waals surface area contributed by atoms with E-state index in [0.29, 0.717) is 5.04 Å². The second-order valence-corrected chi connectivity index (χ2v) is 7.05. The highest BCUT2D eigenvalue weighted by molar-refractivity contribution is 8.14. The van der Waals surface area contributed by atoms with Gasteiger partial charge in [0.1, 0.15) is 0 Å². The largest absolute Gasteiger partial charge is 0.416 e. The number of halogens is 3. The molecule has 1 saturated carbocycles. The molecular weight excluding hydrogens is 367 g/mol. The van der Waals surface area contributed by atoms with Crippen molar-refractivity contribution >= 4 is 40.1 Å². The van der Waals surface area contributed by atoms with Gasteiger partial charge in [-0.05, 0) is 37.5 Å². The molecule has 1 aliphatic carbocycles. The van der Waals surface area contributed by atoms with Gasteiger partial charge < -0.3 is 5.32 Å². The van der Waals surface area contributed by atoms with Crippen LogP contribution in [0, 0.1) is 5.92 Å². The molecule has 1 aromatic carbocycles. The van der Waals surface area contributed by atoms with E-state index in [9.17, 15) is 22.8 Å². The lowest BCUT2D eigenvalue weighted by atomic mass is 9.87. The van der Waals surface area contributed by atoms with Gasteiger partial charge >= 0.3 is 12.2 Å². The van der Waals surface area contributed by atoms with Gasteiger partial charge in [0.05, 0.1) is 16.4 Å². The number of alkyl halides is 3. The summed E-state index contributed by atoms with van der Waals surface area (Å²) in [5, 5.41) is 3.02. The van der Waals surface area contributed by atoms with E-state index in [4.69, 9.17) is 0 Å². The highest BCUT2D eigenvalue weighted by atomic mass is 32.2. The van der Waals surface area contributed by atoms with Crippen molar-refractivity contribution in [3.8, 4) is 0 Å². The quantitative estimate of drug-likeness (QED) is 0.833. The summed E-state index contributed by atoms with van der Waals surface area (Å²) in [6.45, 7) is 0. The van der Waals surface area contributed by atoms with Gasteiger partial charge in [0, 0.05) is 17.3 Å². The summed E-state index contributed by atoms with van der Waals surface area (Å²) in [4.78, 5) is 31.5. The van der Waals surface area contributed by atoms with Crippen molar-refractivity contribution in [1.29, 1.82) is 0 Å². The third-order valence-corrected chi connectivity index (χ3v) is 5.22. The minimum absolute atomic E-state index is 0.0205. The van der Waals surface area contributed by atoms with E-state index < -0.39 is 23.7 Å². The van der Waals surface area contributed by atoms with E-state index in [0.717, 1.165) is 55.3 Å². The average molecular weight is 383 g/mol. The average Bonchev–Trinajstić information content (AvgIpc) is 2.59. The number of rotatable bonds is 3. The lowest BCUT2D eigenvalue weighted by molar-refractivity contribution is -0.137. The molecule has 1 fully saturated rings. The Kier molecular flexibility index (Phi) is 5.45. The molecule has 0 saturated heterocycles. The first-order chi connectivity index (χ1) is 12.3. The number of hydrogen-bond acceptors (Lipinski definition) is 3. The Bertz CT molecular complexity index is 790. The molecule has 1 aromatic rings. The third kappa shape index (κ3) is 4.51. The van der Waals surface area contributed by atoms with Crippen molar-refractivity contribution < 1.29 is 22.8 Å². The molecular formula is C17H16F3N3O2S. The molecule has 1 N–H and O–H groups in total. The lowest BCUT2D eigenvalue weighted by Crippen LogP contribution is -2.31. The maximum Gasteiger partial charge on any atom is 0.416 e. The van der Waals surface area contributed by atoms with Crippen LogP contribution in [0.25, 0.3) is 0 Å². The summed E-state index contributed by atoms with van der Waals surface area (Å²) in [5.74, 6) is -0.510. The number of anilines is 1. The summed E-state index contributed by atoms with van der Waals surface area (Å²) in [6.07, 6.45) is -0.881. The molecule has 1 heterocycles. The van der Waals surface area contributed by atoms with Gasteiger partial charge in [-0.15, -0.1) is 0 Å². The molecule has 0 spiro atoms. The van der Waals surface area contributed by atoms with E-state index in [1.807, 2.05) is 0 Å². The Morgan fingerprint density at radius 2 is 2.08 bits per heavy atom. The Morgan fingerprint density at radius 1 is 1.27 bits per heavy atom. The topological polar surface area (TPSA) is 70.9 Å². The van der Waals surface area contributed by atoms with Gasteiger partial charge in [0.2, 0.25) is 5.91 Å². The highest BCUT2D eigenvalue weighted by Crippen LogP contribution is 2.32. The van der Waals surface area contributed by atoms with E-state index in [1.165, 1.54) is 12.1 Å². The predicted octanol–water partition coefficient (Wildman–Crippen LogP) is 4.54. The molecule has 0 radical (unpaired) electrons. The van der Waals surface area contributed by atoms with Gasteiger partial charge in [-0.1, -0.05) is 24.2 Å². The normalized spacial score (nSPS) is 20.1. The summed E-state index contributed by atoms with van der Waals surface area (Å²) < 4.78 is 38.1. The van der Waals surface area contributed by atoms with Crippen molar-refractivity contribution in [2.24, 2.45) is 15.9 Å². The molecule has 5 nitrogen and oxygen atoms in total. The fraction of sp³-hybridized carbons (Fsp3) is 0.412. The van der Waals surface area contributed by atoms with E-state index in [-0.39, 0.29) is 17.4 Å². The molecule has 1 unspecified atom stereocenters. The molecule has 1 aliphatic heterocycles. The molecule has 0 aromatic heterocycles. The number of carbonyl (C=O) groups is 2. The van der Waals surface area contributed by atoms with Crippen LogP contribution in [0.15, 0.2) is 34.3 Å². The molecule has 138 valence electrons. The van der Waals surface area contributed by atoms with Gasteiger partial charge in [0.25, 0.3) is 0 Å². The van der Waals surface area contributed by atoms with E-state index in [1.54, 1.807) is 0 Å². The smallest absolute Gasteiger partial charge is 0.325 e. The summed E-state index contributed by atoms with van der Waals surface area (Å²) >= 11 is 1.14. The van der Waals surface area contributed by atoms with Crippen molar-refractivity contribution in [3.05, 3.63) is 29.8 Å². The zero-order valence-electron chi connectivity index (χ0n) is 13.7. The van der Waals surface area contributed by atoms with Crippen LogP contribution in [-0.2, 0) is 11.0 Å². The third-order valence-electron chi connectivity index (χ3n) is 4.15. The maximum atomic E-state index is 12.7. The number of thioether (sulfide) groups is 1. The molecule has 0 bridgehead atoms. The molecule has 1 atom stereocenters. The van der Waals surface area contributed by atoms with Crippen LogP contribution in [0.2, 0.25) is 0 Å². The van der Waals surface area contributed by atoms with Crippen LogP contribution in [0.1, 0.15) is 31.2 Å². The minimum atomic E-state index is -4.47. The second-order valence-electron chi connectivity index (χ2n) is 6.05. The molecule has 9 heteroatoms. The zero-order valence-corrected chi connectivity index (χ0v) is 14.5. The van der Waals surface area contributed by atoms with Gasteiger partial charge in [-0.2, -0.15) is 18.2 Å². The van der Waals surface area contributed by atoms with Crippen LogP contribution in [0.3, 0.4) is 0 Å². The first kappa shape index (κ1) is 18.6. The predicted molar refractivity (Wildman–Crippen MR) is 94.8 cm³/mol. The Hall–Kier alpha value is -2.16. The Balaban J connectivity index is 1.60. The van der Waals surface area contributed by atoms with Crippen LogP contribution in [-0.4, -0.2) is 28.4 Å². The first-order valence-corrected chi connectivity index (χ1v) is 9.11. The van der Waals surface area contributed by atoms with Crippen LogP contribution in [0.4, 0.5) is 23.7 Å². The van der Waals surface area contributed by atoms with Crippen molar-refractivity contribution in [1.82, 2.24) is 0 Å². The fourth-order valence-electron chi connectivity index (χ4n) is 2.96. The molecule has 3 rings (SSSR count). The summed E-state index contributed by atoms with van der Waals surface area (Å²) in [6, 6.07) is 3.90. The standard InChI is InChI=1S/C17H16F3N3O2S/c18-17(19,20)10-4-3-5-11(8-10)21-14(24)9-26-15-12-6-1-2-7-13(12)22-16(25)23-15/h3-5,8,12H,1-2,6-7,9H2,(H,21,24). The van der Waals surface area contributed by atoms with Crippen LogP contribution in [0.5, 0.6) is 0 Å². The Labute approximate surface area is 152 Å². The summed E-state index contributed by atoms with van der Waals surface area (Å²) in [7, 11) is 0. The van der Waals surface area contributed by atoms with E-state index >= 15 is 0 Å². The SMILES string of the molecule is O=C1N=C2CCCCC2C(SCC(=O)Nc2cccc(C(F)(F)F)c2)=N1. The number of fused-ring (bicyclic) bond motifs is 1. The number of urea groups is 1. The number of nitrogens with zero attached hydrogens (tertiary/aromatic N) is 2. The highest BCUT2D eigenvalue weighted by Gasteiger charge is 2.31. The number of amides is 3. The number of aliphatic imine (C=N–C) groups is 2. The van der Waals surface area contributed by atoms with Gasteiger partial charge in [0.15, 0.2) is 0 Å². The molecule has 2 aliphatic rings. The van der Waals surface area contributed by atoms with Gasteiger partial charge in [-0.25, -0.2) is 9.79 Å². The lowest BCUT2D eigenvalue weighted by Gasteiger charge is -2.26. The van der Waals surface area contributed by atoms with Crippen LogP contribution >= 0.6 is 11.8 Å². The number of carbonyl (C=O) groups excluding carboxylic acids is 2. The molecule has 26 heavy (non-hydrogen) atoms. The Morgan fingerprint density at radius 3 is 2.85 bits per heavy atom. The van der Waals surface area contributed by atoms with Gasteiger partial charge in [-0.3, -0.25) is 4.79 Å². The minimum Gasteiger partial charge on any atom is -0.325 e. The van der Waals surface area contributed by atoms with Crippen molar-refractivity contribution in [2.45, 2.75) is 31.9 Å². The number of benzene rings is 1. The zero-order chi connectivity index (χ0) is 18.7.